The lowest BCUT2D eigenvalue weighted by Gasteiger charge is -2.31. The number of nitrogens with one attached hydrogen (secondary N) is 1. The van der Waals surface area contributed by atoms with Gasteiger partial charge in [-0.1, -0.05) is 6.92 Å². The molecule has 3 heteroatoms. The second kappa shape index (κ2) is 6.27. The Morgan fingerprint density at radius 1 is 1.38 bits per heavy atom. The third-order valence-electron chi connectivity index (χ3n) is 4.16. The highest BCUT2D eigenvalue weighted by molar-refractivity contribution is 7.99. The van der Waals surface area contributed by atoms with Crippen molar-refractivity contribution >= 4 is 11.8 Å². The second-order valence-corrected chi connectivity index (χ2v) is 6.39. The number of hydrogen-bond acceptors (Lipinski definition) is 3. The van der Waals surface area contributed by atoms with Gasteiger partial charge >= 0.3 is 0 Å². The number of nitrogens with zero attached hydrogens (tertiary/aromatic N) is 1. The van der Waals surface area contributed by atoms with Crippen LogP contribution in [0.4, 0.5) is 0 Å². The van der Waals surface area contributed by atoms with Gasteiger partial charge in [-0.15, -0.1) is 0 Å². The first-order valence-electron chi connectivity index (χ1n) is 6.88. The van der Waals surface area contributed by atoms with Gasteiger partial charge in [0.1, 0.15) is 0 Å². The molecule has 2 fully saturated rings. The summed E-state index contributed by atoms with van der Waals surface area (Å²) in [5, 5.41) is 3.64. The molecule has 0 aromatic carbocycles. The van der Waals surface area contributed by atoms with E-state index in [0.717, 1.165) is 18.1 Å². The molecule has 3 atom stereocenters. The molecule has 3 unspecified atom stereocenters. The molecular weight excluding hydrogens is 216 g/mol. The summed E-state index contributed by atoms with van der Waals surface area (Å²) < 4.78 is 0. The van der Waals surface area contributed by atoms with Gasteiger partial charge in [0.05, 0.1) is 0 Å². The summed E-state index contributed by atoms with van der Waals surface area (Å²) in [4.78, 5) is 2.75. The van der Waals surface area contributed by atoms with Crippen molar-refractivity contribution in [2.45, 2.75) is 57.7 Å². The molecule has 0 saturated carbocycles. The van der Waals surface area contributed by atoms with Gasteiger partial charge in [-0.25, -0.2) is 0 Å². The largest absolute Gasteiger partial charge is 0.312 e. The Morgan fingerprint density at radius 2 is 2.25 bits per heavy atom. The molecule has 0 spiro atoms. The Morgan fingerprint density at radius 3 is 2.94 bits per heavy atom. The molecule has 0 aliphatic carbocycles. The fourth-order valence-electron chi connectivity index (χ4n) is 3.08. The fraction of sp³-hybridized carbons (Fsp3) is 1.00. The molecule has 0 aromatic rings. The lowest BCUT2D eigenvalue weighted by atomic mass is 10.1. The van der Waals surface area contributed by atoms with E-state index < -0.39 is 0 Å². The van der Waals surface area contributed by atoms with Crippen LogP contribution in [0.1, 0.15) is 39.5 Å². The summed E-state index contributed by atoms with van der Waals surface area (Å²) in [5.74, 6) is 2.62. The van der Waals surface area contributed by atoms with Crippen LogP contribution >= 0.6 is 11.8 Å². The van der Waals surface area contributed by atoms with Crippen molar-refractivity contribution in [3.63, 3.8) is 0 Å². The molecule has 2 aliphatic rings. The summed E-state index contributed by atoms with van der Waals surface area (Å²) in [6, 6.07) is 2.46. The lowest BCUT2D eigenvalue weighted by molar-refractivity contribution is 0.190. The first-order chi connectivity index (χ1) is 7.81. The van der Waals surface area contributed by atoms with E-state index >= 15 is 0 Å². The molecule has 16 heavy (non-hydrogen) atoms. The van der Waals surface area contributed by atoms with Crippen molar-refractivity contribution in [3.8, 4) is 0 Å². The molecule has 94 valence electrons. The van der Waals surface area contributed by atoms with Crippen LogP contribution in [0, 0.1) is 0 Å². The van der Waals surface area contributed by atoms with Crippen LogP contribution in [0.25, 0.3) is 0 Å². The molecule has 2 saturated heterocycles. The summed E-state index contributed by atoms with van der Waals surface area (Å²) in [6.07, 6.45) is 5.50. The van der Waals surface area contributed by atoms with Crippen molar-refractivity contribution < 1.29 is 0 Å². The average Bonchev–Trinajstić information content (AvgIpc) is 2.69. The SMILES string of the molecule is CCC1CCC(C)N1CCC1CSCCN1. The van der Waals surface area contributed by atoms with Gasteiger partial charge in [-0.3, -0.25) is 4.90 Å². The minimum absolute atomic E-state index is 0.768. The quantitative estimate of drug-likeness (QED) is 0.814. The standard InChI is InChI=1S/C13H26N2S/c1-3-13-5-4-11(2)15(13)8-6-12-10-16-9-7-14-12/h11-14H,3-10H2,1-2H3. The number of likely N-dealkylation sites (tertiary alicyclic amines) is 1. The molecule has 0 bridgehead atoms. The van der Waals surface area contributed by atoms with Crippen LogP contribution < -0.4 is 5.32 Å². The van der Waals surface area contributed by atoms with E-state index in [9.17, 15) is 0 Å². The van der Waals surface area contributed by atoms with Crippen LogP contribution in [0.2, 0.25) is 0 Å². The van der Waals surface area contributed by atoms with E-state index in [4.69, 9.17) is 0 Å². The Labute approximate surface area is 105 Å². The van der Waals surface area contributed by atoms with Gasteiger partial charge < -0.3 is 5.32 Å². The predicted octanol–water partition coefficient (Wildman–Crippen LogP) is 2.34. The average molecular weight is 242 g/mol. The zero-order valence-electron chi connectivity index (χ0n) is 10.7. The van der Waals surface area contributed by atoms with Gasteiger partial charge in [-0.2, -0.15) is 11.8 Å². The number of hydrogen-bond donors (Lipinski definition) is 1. The Hall–Kier alpha value is 0.270. The van der Waals surface area contributed by atoms with E-state index in [1.165, 1.54) is 50.3 Å². The second-order valence-electron chi connectivity index (χ2n) is 5.24. The molecule has 0 radical (unpaired) electrons. The highest BCUT2D eigenvalue weighted by Crippen LogP contribution is 2.26. The minimum Gasteiger partial charge on any atom is -0.312 e. The van der Waals surface area contributed by atoms with Gasteiger partial charge in [0, 0.05) is 42.7 Å². The third-order valence-corrected chi connectivity index (χ3v) is 5.29. The van der Waals surface area contributed by atoms with Gasteiger partial charge in [-0.05, 0) is 32.6 Å². The van der Waals surface area contributed by atoms with Gasteiger partial charge in [0.25, 0.3) is 0 Å². The highest BCUT2D eigenvalue weighted by Gasteiger charge is 2.29. The van der Waals surface area contributed by atoms with Crippen molar-refractivity contribution in [1.29, 1.82) is 0 Å². The fourth-order valence-corrected chi connectivity index (χ4v) is 4.07. The zero-order chi connectivity index (χ0) is 11.4. The van der Waals surface area contributed by atoms with Crippen LogP contribution in [-0.4, -0.2) is 47.6 Å². The molecule has 2 nitrogen and oxygen atoms in total. The molecule has 1 N–H and O–H groups in total. The Bertz CT molecular complexity index is 204. The monoisotopic (exact) mass is 242 g/mol. The smallest absolute Gasteiger partial charge is 0.0170 e. The zero-order valence-corrected chi connectivity index (χ0v) is 11.6. The van der Waals surface area contributed by atoms with E-state index in [-0.39, 0.29) is 0 Å². The van der Waals surface area contributed by atoms with Crippen LogP contribution in [0.3, 0.4) is 0 Å². The Balaban J connectivity index is 1.74. The van der Waals surface area contributed by atoms with Crippen LogP contribution in [-0.2, 0) is 0 Å². The maximum absolute atomic E-state index is 3.64. The predicted molar refractivity (Wildman–Crippen MR) is 73.2 cm³/mol. The van der Waals surface area contributed by atoms with Gasteiger partial charge in [0.15, 0.2) is 0 Å². The maximum Gasteiger partial charge on any atom is 0.0170 e. The van der Waals surface area contributed by atoms with Crippen molar-refractivity contribution in [2.75, 3.05) is 24.6 Å². The number of thioether (sulfide) groups is 1. The lowest BCUT2D eigenvalue weighted by Crippen LogP contribution is -2.42. The summed E-state index contributed by atoms with van der Waals surface area (Å²) in [6.45, 7) is 7.25. The Kier molecular flexibility index (Phi) is 4.98. The van der Waals surface area contributed by atoms with E-state index in [2.05, 4.69) is 35.8 Å². The van der Waals surface area contributed by atoms with Crippen LogP contribution in [0.5, 0.6) is 0 Å². The maximum atomic E-state index is 3.64. The normalized spacial score (nSPS) is 36.8. The topological polar surface area (TPSA) is 15.3 Å². The summed E-state index contributed by atoms with van der Waals surface area (Å²) >= 11 is 2.11. The molecule has 2 heterocycles. The van der Waals surface area contributed by atoms with Crippen molar-refractivity contribution in [2.24, 2.45) is 0 Å². The van der Waals surface area contributed by atoms with E-state index in [1.807, 2.05) is 0 Å². The minimum atomic E-state index is 0.768. The molecule has 0 amide bonds. The molecule has 0 aromatic heterocycles. The van der Waals surface area contributed by atoms with E-state index in [0.29, 0.717) is 0 Å². The molecule has 2 aliphatic heterocycles. The third kappa shape index (κ3) is 3.14. The van der Waals surface area contributed by atoms with E-state index in [1.54, 1.807) is 0 Å². The van der Waals surface area contributed by atoms with Crippen molar-refractivity contribution in [3.05, 3.63) is 0 Å². The summed E-state index contributed by atoms with van der Waals surface area (Å²) in [7, 11) is 0. The first kappa shape index (κ1) is 12.7. The highest BCUT2D eigenvalue weighted by atomic mass is 32.2. The molecular formula is C13H26N2S. The molecule has 2 rings (SSSR count). The van der Waals surface area contributed by atoms with Gasteiger partial charge in [0.2, 0.25) is 0 Å². The number of rotatable bonds is 4. The first-order valence-corrected chi connectivity index (χ1v) is 8.03. The van der Waals surface area contributed by atoms with Crippen molar-refractivity contribution in [1.82, 2.24) is 10.2 Å². The van der Waals surface area contributed by atoms with Crippen LogP contribution in [0.15, 0.2) is 0 Å². The summed E-state index contributed by atoms with van der Waals surface area (Å²) in [5.41, 5.74) is 0.